The molecule has 3 nitrogen and oxygen atoms in total. The molecule has 0 bridgehead atoms. The second kappa shape index (κ2) is 5.44. The van der Waals surface area contributed by atoms with Crippen LogP contribution >= 0.6 is 12.2 Å². The number of hydrogen-bond donors (Lipinski definition) is 2. The SMILES string of the molecule is CC1(C)CCC(Nc2nc(C(F)(F)F)ccc2C(N)=S)C1. The van der Waals surface area contributed by atoms with Crippen LogP contribution in [0.5, 0.6) is 0 Å². The smallest absolute Gasteiger partial charge is 0.389 e. The van der Waals surface area contributed by atoms with Gasteiger partial charge in [0.1, 0.15) is 16.5 Å². The van der Waals surface area contributed by atoms with Crippen molar-refractivity contribution < 1.29 is 13.2 Å². The third-order valence-corrected chi connectivity index (χ3v) is 3.98. The summed E-state index contributed by atoms with van der Waals surface area (Å²) in [5, 5.41) is 3.08. The highest BCUT2D eigenvalue weighted by atomic mass is 32.1. The van der Waals surface area contributed by atoms with E-state index in [9.17, 15) is 13.2 Å². The van der Waals surface area contributed by atoms with E-state index in [4.69, 9.17) is 18.0 Å². The molecule has 1 saturated carbocycles. The molecule has 1 aliphatic rings. The van der Waals surface area contributed by atoms with Crippen molar-refractivity contribution in [2.24, 2.45) is 11.1 Å². The first-order valence-electron chi connectivity index (χ1n) is 6.73. The molecule has 0 spiro atoms. The van der Waals surface area contributed by atoms with Crippen LogP contribution in [-0.4, -0.2) is 16.0 Å². The van der Waals surface area contributed by atoms with Crippen molar-refractivity contribution in [2.75, 3.05) is 5.32 Å². The fourth-order valence-electron chi connectivity index (χ4n) is 2.68. The molecular weight excluding hydrogens is 299 g/mol. The number of rotatable bonds is 3. The van der Waals surface area contributed by atoms with Crippen LogP contribution in [0.4, 0.5) is 19.0 Å². The van der Waals surface area contributed by atoms with E-state index in [1.807, 2.05) is 0 Å². The second-order valence-electron chi connectivity index (χ2n) is 6.20. The summed E-state index contributed by atoms with van der Waals surface area (Å²) in [6.07, 6.45) is -1.70. The number of anilines is 1. The number of hydrogen-bond acceptors (Lipinski definition) is 3. The summed E-state index contributed by atoms with van der Waals surface area (Å²) in [7, 11) is 0. The average Bonchev–Trinajstić information content (AvgIpc) is 2.67. The highest BCUT2D eigenvalue weighted by Crippen LogP contribution is 2.38. The van der Waals surface area contributed by atoms with Gasteiger partial charge in [-0.3, -0.25) is 0 Å². The zero-order valence-corrected chi connectivity index (χ0v) is 12.7. The quantitative estimate of drug-likeness (QED) is 0.834. The van der Waals surface area contributed by atoms with Crippen LogP contribution in [0.15, 0.2) is 12.1 Å². The van der Waals surface area contributed by atoms with Crippen molar-refractivity contribution in [2.45, 2.75) is 45.3 Å². The Balaban J connectivity index is 2.29. The molecule has 116 valence electrons. The Labute approximate surface area is 127 Å². The fourth-order valence-corrected chi connectivity index (χ4v) is 2.84. The highest BCUT2D eigenvalue weighted by Gasteiger charge is 2.35. The number of nitrogens with one attached hydrogen (secondary N) is 1. The summed E-state index contributed by atoms with van der Waals surface area (Å²) in [6.45, 7) is 4.28. The van der Waals surface area contributed by atoms with E-state index in [-0.39, 0.29) is 22.3 Å². The topological polar surface area (TPSA) is 50.9 Å². The molecule has 1 fully saturated rings. The van der Waals surface area contributed by atoms with E-state index in [1.54, 1.807) is 0 Å². The minimum absolute atomic E-state index is 0.0379. The van der Waals surface area contributed by atoms with E-state index >= 15 is 0 Å². The summed E-state index contributed by atoms with van der Waals surface area (Å²) in [4.78, 5) is 3.71. The lowest BCUT2D eigenvalue weighted by Crippen LogP contribution is -2.23. The van der Waals surface area contributed by atoms with E-state index in [0.29, 0.717) is 5.56 Å². The Morgan fingerprint density at radius 3 is 2.57 bits per heavy atom. The minimum Gasteiger partial charge on any atom is -0.389 e. The largest absolute Gasteiger partial charge is 0.433 e. The van der Waals surface area contributed by atoms with E-state index in [0.717, 1.165) is 25.3 Å². The number of halogens is 3. The van der Waals surface area contributed by atoms with Gasteiger partial charge in [-0.05, 0) is 36.8 Å². The van der Waals surface area contributed by atoms with Crippen LogP contribution < -0.4 is 11.1 Å². The third-order valence-electron chi connectivity index (χ3n) is 3.76. The van der Waals surface area contributed by atoms with Crippen LogP contribution in [0.25, 0.3) is 0 Å². The standard InChI is InChI=1S/C14H18F3N3S/c1-13(2)6-5-8(7-13)19-12-9(11(18)21)3-4-10(20-12)14(15,16)17/h3-4,8H,5-7H2,1-2H3,(H2,18,21)(H,19,20). The summed E-state index contributed by atoms with van der Waals surface area (Å²) in [5.41, 5.74) is 5.16. The van der Waals surface area contributed by atoms with Crippen LogP contribution in [0.2, 0.25) is 0 Å². The molecule has 0 radical (unpaired) electrons. The first kappa shape index (κ1) is 16.0. The Kier molecular flexibility index (Phi) is 4.15. The molecule has 1 heterocycles. The maximum atomic E-state index is 12.8. The second-order valence-corrected chi connectivity index (χ2v) is 6.64. The molecule has 1 atom stereocenters. The van der Waals surface area contributed by atoms with Crippen molar-refractivity contribution in [1.29, 1.82) is 0 Å². The van der Waals surface area contributed by atoms with Crippen LogP contribution in [0, 0.1) is 5.41 Å². The number of alkyl halides is 3. The van der Waals surface area contributed by atoms with Crippen molar-refractivity contribution in [3.8, 4) is 0 Å². The molecule has 0 aromatic carbocycles. The van der Waals surface area contributed by atoms with Gasteiger partial charge in [0.2, 0.25) is 0 Å². The fraction of sp³-hybridized carbons (Fsp3) is 0.571. The summed E-state index contributed by atoms with van der Waals surface area (Å²) in [6, 6.07) is 2.27. The molecule has 2 rings (SSSR count). The zero-order chi connectivity index (χ0) is 15.8. The molecule has 0 amide bonds. The van der Waals surface area contributed by atoms with Gasteiger partial charge in [-0.15, -0.1) is 0 Å². The lowest BCUT2D eigenvalue weighted by Gasteiger charge is -2.20. The molecule has 1 unspecified atom stereocenters. The Bertz CT molecular complexity index is 555. The van der Waals surface area contributed by atoms with Crippen molar-refractivity contribution in [1.82, 2.24) is 4.98 Å². The van der Waals surface area contributed by atoms with Gasteiger partial charge in [0.25, 0.3) is 0 Å². The van der Waals surface area contributed by atoms with Gasteiger partial charge in [0.15, 0.2) is 0 Å². The number of nitrogens with two attached hydrogens (primary N) is 1. The normalized spacial score (nSPS) is 21.3. The molecule has 0 aliphatic heterocycles. The first-order valence-corrected chi connectivity index (χ1v) is 7.14. The highest BCUT2D eigenvalue weighted by molar-refractivity contribution is 7.80. The van der Waals surface area contributed by atoms with Gasteiger partial charge >= 0.3 is 6.18 Å². The first-order chi connectivity index (χ1) is 9.58. The monoisotopic (exact) mass is 317 g/mol. The van der Waals surface area contributed by atoms with E-state index < -0.39 is 11.9 Å². The summed E-state index contributed by atoms with van der Waals surface area (Å²) >= 11 is 4.89. The Morgan fingerprint density at radius 2 is 2.10 bits per heavy atom. The van der Waals surface area contributed by atoms with E-state index in [2.05, 4.69) is 24.1 Å². The maximum absolute atomic E-state index is 12.8. The number of aromatic nitrogens is 1. The van der Waals surface area contributed by atoms with Crippen LogP contribution in [0.1, 0.15) is 44.4 Å². The zero-order valence-electron chi connectivity index (χ0n) is 11.9. The molecule has 1 aliphatic carbocycles. The van der Waals surface area contributed by atoms with Gasteiger partial charge < -0.3 is 11.1 Å². The minimum atomic E-state index is -4.49. The lowest BCUT2D eigenvalue weighted by atomic mass is 9.92. The maximum Gasteiger partial charge on any atom is 0.433 e. The molecule has 3 N–H and O–H groups in total. The summed E-state index contributed by atoms with van der Waals surface area (Å²) in [5.74, 6) is 0.125. The van der Waals surface area contributed by atoms with Crippen molar-refractivity contribution in [3.63, 3.8) is 0 Å². The van der Waals surface area contributed by atoms with E-state index in [1.165, 1.54) is 6.07 Å². The van der Waals surface area contributed by atoms with Gasteiger partial charge in [0, 0.05) is 6.04 Å². The average molecular weight is 317 g/mol. The molecular formula is C14H18F3N3S. The van der Waals surface area contributed by atoms with Crippen molar-refractivity contribution in [3.05, 3.63) is 23.4 Å². The molecule has 1 aromatic rings. The van der Waals surface area contributed by atoms with Gasteiger partial charge in [-0.25, -0.2) is 4.98 Å². The van der Waals surface area contributed by atoms with Crippen LogP contribution in [0.3, 0.4) is 0 Å². The Morgan fingerprint density at radius 1 is 1.43 bits per heavy atom. The number of thiocarbonyl (C=S) groups is 1. The third kappa shape index (κ3) is 3.84. The lowest BCUT2D eigenvalue weighted by molar-refractivity contribution is -0.141. The molecule has 0 saturated heterocycles. The Hall–Kier alpha value is -1.37. The van der Waals surface area contributed by atoms with Crippen molar-refractivity contribution >= 4 is 23.0 Å². The molecule has 21 heavy (non-hydrogen) atoms. The van der Waals surface area contributed by atoms with Gasteiger partial charge in [0.05, 0.1) is 5.56 Å². The molecule has 7 heteroatoms. The van der Waals surface area contributed by atoms with Crippen LogP contribution in [-0.2, 0) is 6.18 Å². The number of pyridine rings is 1. The van der Waals surface area contributed by atoms with Gasteiger partial charge in [-0.1, -0.05) is 26.1 Å². The molecule has 1 aromatic heterocycles. The predicted octanol–water partition coefficient (Wildman–Crippen LogP) is 3.73. The number of nitrogens with zero attached hydrogens (tertiary/aromatic N) is 1. The van der Waals surface area contributed by atoms with Gasteiger partial charge in [-0.2, -0.15) is 13.2 Å². The predicted molar refractivity (Wildman–Crippen MR) is 80.2 cm³/mol. The summed E-state index contributed by atoms with van der Waals surface area (Å²) < 4.78 is 38.3.